The zero-order chi connectivity index (χ0) is 14.0. The third-order valence-electron chi connectivity index (χ3n) is 4.68. The fourth-order valence-electron chi connectivity index (χ4n) is 2.67. The molecule has 0 radical (unpaired) electrons. The van der Waals surface area contributed by atoms with E-state index in [9.17, 15) is 0 Å². The Kier molecular flexibility index (Phi) is 4.64. The second-order valence-corrected chi connectivity index (χ2v) is 6.29. The Morgan fingerprint density at radius 1 is 1.16 bits per heavy atom. The van der Waals surface area contributed by atoms with Gasteiger partial charge in [0, 0.05) is 6.04 Å². The smallest absolute Gasteiger partial charge is 0.111 e. The van der Waals surface area contributed by atoms with Crippen molar-refractivity contribution in [1.82, 2.24) is 4.90 Å². The molecule has 0 bridgehead atoms. The van der Waals surface area contributed by atoms with Crippen molar-refractivity contribution in [2.45, 2.75) is 52.5 Å². The third-order valence-corrected chi connectivity index (χ3v) is 4.68. The Bertz CT molecular complexity index is 390. The molecule has 2 rings (SSSR count). The van der Waals surface area contributed by atoms with Gasteiger partial charge in [-0.15, -0.1) is 0 Å². The van der Waals surface area contributed by atoms with Crippen LogP contribution in [0.1, 0.15) is 45.8 Å². The van der Waals surface area contributed by atoms with Crippen LogP contribution >= 0.6 is 0 Å². The molecule has 1 aromatic carbocycles. The fraction of sp³-hybridized carbons (Fsp3) is 0.647. The number of hydrogen-bond donors (Lipinski definition) is 0. The molecule has 1 fully saturated rings. The summed E-state index contributed by atoms with van der Waals surface area (Å²) >= 11 is 0. The van der Waals surface area contributed by atoms with Gasteiger partial charge in [-0.25, -0.2) is 0 Å². The highest BCUT2D eigenvalue weighted by Crippen LogP contribution is 2.36. The van der Waals surface area contributed by atoms with Crippen LogP contribution in [0.4, 0.5) is 0 Å². The first-order valence-corrected chi connectivity index (χ1v) is 7.43. The van der Waals surface area contributed by atoms with Crippen molar-refractivity contribution in [3.63, 3.8) is 0 Å². The number of hydrogen-bond acceptors (Lipinski definition) is 2. The Labute approximate surface area is 117 Å². The highest BCUT2D eigenvalue weighted by molar-refractivity contribution is 5.20. The minimum absolute atomic E-state index is 0.204. The van der Waals surface area contributed by atoms with Gasteiger partial charge in [0.15, 0.2) is 0 Å². The van der Waals surface area contributed by atoms with Crippen molar-refractivity contribution in [3.05, 3.63) is 35.9 Å². The molecule has 1 aliphatic rings. The first-order chi connectivity index (χ1) is 9.00. The monoisotopic (exact) mass is 261 g/mol. The zero-order valence-electron chi connectivity index (χ0n) is 12.8. The quantitative estimate of drug-likeness (QED) is 0.809. The van der Waals surface area contributed by atoms with Gasteiger partial charge < -0.3 is 4.74 Å². The molecular weight excluding hydrogens is 234 g/mol. The number of benzene rings is 1. The van der Waals surface area contributed by atoms with Crippen LogP contribution in [0.15, 0.2) is 30.3 Å². The average Bonchev–Trinajstić information content (AvgIpc) is 2.68. The fourth-order valence-corrected chi connectivity index (χ4v) is 2.67. The van der Waals surface area contributed by atoms with E-state index in [2.05, 4.69) is 70.0 Å². The Balaban J connectivity index is 2.06. The molecule has 4 atom stereocenters. The lowest BCUT2D eigenvalue weighted by Crippen LogP contribution is -2.33. The van der Waals surface area contributed by atoms with Gasteiger partial charge in [-0.2, -0.15) is 0 Å². The molecule has 0 unspecified atom stereocenters. The van der Waals surface area contributed by atoms with Gasteiger partial charge in [0.25, 0.3) is 0 Å². The molecular formula is C17H27NO. The molecule has 1 saturated heterocycles. The van der Waals surface area contributed by atoms with Gasteiger partial charge in [-0.3, -0.25) is 4.90 Å². The van der Waals surface area contributed by atoms with E-state index in [4.69, 9.17) is 4.74 Å². The molecule has 106 valence electrons. The molecule has 19 heavy (non-hydrogen) atoms. The number of likely N-dealkylation sites (N-methyl/N-ethyl adjacent to an activating group) is 1. The first kappa shape index (κ1) is 14.5. The summed E-state index contributed by atoms with van der Waals surface area (Å²) < 4.78 is 6.32. The predicted octanol–water partition coefficient (Wildman–Crippen LogP) is 4.09. The van der Waals surface area contributed by atoms with Gasteiger partial charge in [-0.05, 0) is 37.8 Å². The van der Waals surface area contributed by atoms with Crippen LogP contribution in [0.5, 0.6) is 0 Å². The normalized spacial score (nSPS) is 29.9. The predicted molar refractivity (Wildman–Crippen MR) is 79.9 cm³/mol. The second kappa shape index (κ2) is 6.06. The Hall–Kier alpha value is -0.860. The lowest BCUT2D eigenvalue weighted by atomic mass is 9.94. The van der Waals surface area contributed by atoms with Crippen LogP contribution in [-0.4, -0.2) is 24.2 Å². The molecule has 0 saturated carbocycles. The summed E-state index contributed by atoms with van der Waals surface area (Å²) in [5.41, 5.74) is 1.29. The van der Waals surface area contributed by atoms with Crippen LogP contribution in [-0.2, 0) is 4.74 Å². The molecule has 2 nitrogen and oxygen atoms in total. The van der Waals surface area contributed by atoms with E-state index in [0.717, 1.165) is 6.42 Å². The summed E-state index contributed by atoms with van der Waals surface area (Å²) in [6.45, 7) is 9.16. The first-order valence-electron chi connectivity index (χ1n) is 7.43. The summed E-state index contributed by atoms with van der Waals surface area (Å²) in [5, 5.41) is 0. The summed E-state index contributed by atoms with van der Waals surface area (Å²) in [4.78, 5) is 2.39. The van der Waals surface area contributed by atoms with Crippen molar-refractivity contribution in [1.29, 1.82) is 0 Å². The Morgan fingerprint density at radius 3 is 2.37 bits per heavy atom. The summed E-state index contributed by atoms with van der Waals surface area (Å²) in [7, 11) is 2.19. The van der Waals surface area contributed by atoms with Crippen LogP contribution in [0.3, 0.4) is 0 Å². The van der Waals surface area contributed by atoms with Gasteiger partial charge in [0.2, 0.25) is 0 Å². The summed E-state index contributed by atoms with van der Waals surface area (Å²) in [6.07, 6.45) is 1.56. The molecule has 0 aromatic heterocycles. The molecule has 0 N–H and O–H groups in total. The van der Waals surface area contributed by atoms with E-state index in [-0.39, 0.29) is 12.3 Å². The molecule has 0 spiro atoms. The zero-order valence-corrected chi connectivity index (χ0v) is 12.8. The van der Waals surface area contributed by atoms with Gasteiger partial charge in [-0.1, -0.05) is 51.1 Å². The minimum Gasteiger partial charge on any atom is -0.354 e. The maximum atomic E-state index is 6.32. The van der Waals surface area contributed by atoms with Gasteiger partial charge >= 0.3 is 0 Å². The topological polar surface area (TPSA) is 12.5 Å². The summed E-state index contributed by atoms with van der Waals surface area (Å²) in [6, 6.07) is 11.0. The standard InChI is InChI=1S/C17H27NO/c1-12(2)13(3)11-16-18(5)14(4)17(19-16)15-9-7-6-8-10-15/h6-10,12-14,16-17H,11H2,1-5H3/t13-,14-,16-,17-/m0/s1. The van der Waals surface area contributed by atoms with Gasteiger partial charge in [0.05, 0.1) is 6.10 Å². The van der Waals surface area contributed by atoms with Crippen LogP contribution < -0.4 is 0 Å². The SMILES string of the molecule is CC(C)[C@@H](C)C[C@@H]1O[C@H](c2ccccc2)[C@H](C)N1C. The minimum atomic E-state index is 0.204. The third kappa shape index (κ3) is 3.18. The highest BCUT2D eigenvalue weighted by Gasteiger charge is 2.38. The lowest BCUT2D eigenvalue weighted by molar-refractivity contribution is -0.0111. The van der Waals surface area contributed by atoms with Crippen molar-refractivity contribution >= 4 is 0 Å². The van der Waals surface area contributed by atoms with Crippen molar-refractivity contribution in [2.24, 2.45) is 11.8 Å². The number of rotatable bonds is 4. The average molecular weight is 261 g/mol. The second-order valence-electron chi connectivity index (χ2n) is 6.29. The van der Waals surface area contributed by atoms with E-state index >= 15 is 0 Å². The van der Waals surface area contributed by atoms with E-state index in [1.807, 2.05) is 0 Å². The van der Waals surface area contributed by atoms with Gasteiger partial charge in [0.1, 0.15) is 6.23 Å². The van der Waals surface area contributed by atoms with E-state index in [0.29, 0.717) is 17.9 Å². The largest absolute Gasteiger partial charge is 0.354 e. The molecule has 1 aromatic rings. The van der Waals surface area contributed by atoms with Crippen molar-refractivity contribution < 1.29 is 4.74 Å². The molecule has 1 aliphatic heterocycles. The lowest BCUT2D eigenvalue weighted by Gasteiger charge is -2.25. The Morgan fingerprint density at radius 2 is 1.79 bits per heavy atom. The molecule has 0 aliphatic carbocycles. The van der Waals surface area contributed by atoms with E-state index in [1.54, 1.807) is 0 Å². The highest BCUT2D eigenvalue weighted by atomic mass is 16.5. The maximum Gasteiger partial charge on any atom is 0.111 e. The van der Waals surface area contributed by atoms with Crippen LogP contribution in [0, 0.1) is 11.8 Å². The molecule has 2 heteroatoms. The van der Waals surface area contributed by atoms with Crippen molar-refractivity contribution in [3.8, 4) is 0 Å². The number of ether oxygens (including phenoxy) is 1. The maximum absolute atomic E-state index is 6.32. The van der Waals surface area contributed by atoms with Crippen molar-refractivity contribution in [2.75, 3.05) is 7.05 Å². The summed E-state index contributed by atoms with van der Waals surface area (Å²) in [5.74, 6) is 1.40. The molecule has 1 heterocycles. The number of nitrogens with zero attached hydrogens (tertiary/aromatic N) is 1. The van der Waals surface area contributed by atoms with E-state index in [1.165, 1.54) is 5.56 Å². The van der Waals surface area contributed by atoms with Crippen LogP contribution in [0.2, 0.25) is 0 Å². The molecule has 0 amide bonds. The van der Waals surface area contributed by atoms with Crippen LogP contribution in [0.25, 0.3) is 0 Å². The van der Waals surface area contributed by atoms with E-state index < -0.39 is 0 Å².